The molecule has 20 heavy (non-hydrogen) atoms. The SMILES string of the molecule is Cc1ncsc1C(C)Nc1ccc2c(c1)NC(=O)CO2. The lowest BCUT2D eigenvalue weighted by atomic mass is 10.2. The van der Waals surface area contributed by atoms with Crippen LogP contribution in [-0.2, 0) is 4.79 Å². The maximum atomic E-state index is 11.3. The Morgan fingerprint density at radius 3 is 3.10 bits per heavy atom. The van der Waals surface area contributed by atoms with E-state index in [2.05, 4.69) is 22.5 Å². The number of carbonyl (C=O) groups excluding carboxylic acids is 1. The van der Waals surface area contributed by atoms with Crippen LogP contribution in [0.5, 0.6) is 5.75 Å². The van der Waals surface area contributed by atoms with Gasteiger partial charge in [0.1, 0.15) is 5.75 Å². The van der Waals surface area contributed by atoms with E-state index in [4.69, 9.17) is 4.74 Å². The van der Waals surface area contributed by atoms with Gasteiger partial charge in [0, 0.05) is 10.6 Å². The van der Waals surface area contributed by atoms with E-state index in [1.807, 2.05) is 30.6 Å². The first kappa shape index (κ1) is 12.9. The molecule has 0 saturated heterocycles. The number of benzene rings is 1. The summed E-state index contributed by atoms with van der Waals surface area (Å²) >= 11 is 1.64. The summed E-state index contributed by atoms with van der Waals surface area (Å²) < 4.78 is 5.34. The van der Waals surface area contributed by atoms with Crippen LogP contribution >= 0.6 is 11.3 Å². The van der Waals surface area contributed by atoms with E-state index in [0.717, 1.165) is 11.4 Å². The average Bonchev–Trinajstić information content (AvgIpc) is 2.84. The molecule has 1 atom stereocenters. The largest absolute Gasteiger partial charge is 0.482 e. The molecule has 2 aromatic rings. The first-order valence-corrected chi connectivity index (χ1v) is 7.24. The molecular formula is C14H15N3O2S. The highest BCUT2D eigenvalue weighted by molar-refractivity contribution is 7.09. The van der Waals surface area contributed by atoms with Gasteiger partial charge >= 0.3 is 0 Å². The number of anilines is 2. The number of thiazole rings is 1. The van der Waals surface area contributed by atoms with Crippen molar-refractivity contribution in [1.82, 2.24) is 4.98 Å². The summed E-state index contributed by atoms with van der Waals surface area (Å²) in [6.45, 7) is 4.18. The Hall–Kier alpha value is -2.08. The van der Waals surface area contributed by atoms with Crippen molar-refractivity contribution in [3.05, 3.63) is 34.3 Å². The molecule has 1 amide bonds. The highest BCUT2D eigenvalue weighted by Crippen LogP contribution is 2.32. The number of nitrogens with zero attached hydrogens (tertiary/aromatic N) is 1. The third-order valence-electron chi connectivity index (χ3n) is 3.17. The number of amides is 1. The minimum Gasteiger partial charge on any atom is -0.482 e. The lowest BCUT2D eigenvalue weighted by Crippen LogP contribution is -2.25. The van der Waals surface area contributed by atoms with Gasteiger partial charge in [-0.15, -0.1) is 11.3 Å². The summed E-state index contributed by atoms with van der Waals surface area (Å²) in [6.07, 6.45) is 0. The van der Waals surface area contributed by atoms with Crippen LogP contribution in [0.25, 0.3) is 0 Å². The molecular weight excluding hydrogens is 274 g/mol. The van der Waals surface area contributed by atoms with Crippen LogP contribution in [0.15, 0.2) is 23.7 Å². The van der Waals surface area contributed by atoms with E-state index in [0.29, 0.717) is 11.4 Å². The van der Waals surface area contributed by atoms with E-state index in [9.17, 15) is 4.79 Å². The van der Waals surface area contributed by atoms with Gasteiger partial charge in [-0.1, -0.05) is 0 Å². The molecule has 2 heterocycles. The molecule has 1 unspecified atom stereocenters. The molecule has 6 heteroatoms. The lowest BCUT2D eigenvalue weighted by molar-refractivity contribution is -0.118. The van der Waals surface area contributed by atoms with E-state index in [1.54, 1.807) is 11.3 Å². The molecule has 0 bridgehead atoms. The number of nitrogens with one attached hydrogen (secondary N) is 2. The van der Waals surface area contributed by atoms with E-state index < -0.39 is 0 Å². The Morgan fingerprint density at radius 1 is 1.50 bits per heavy atom. The van der Waals surface area contributed by atoms with Crippen molar-refractivity contribution in [2.24, 2.45) is 0 Å². The predicted octanol–water partition coefficient (Wildman–Crippen LogP) is 2.96. The van der Waals surface area contributed by atoms with Gasteiger partial charge in [0.05, 0.1) is 22.9 Å². The summed E-state index contributed by atoms with van der Waals surface area (Å²) in [4.78, 5) is 16.8. The summed E-state index contributed by atoms with van der Waals surface area (Å²) in [6, 6.07) is 5.87. The van der Waals surface area contributed by atoms with Crippen LogP contribution in [0.3, 0.4) is 0 Å². The maximum Gasteiger partial charge on any atom is 0.262 e. The average molecular weight is 289 g/mol. The highest BCUT2D eigenvalue weighted by Gasteiger charge is 2.17. The molecule has 0 spiro atoms. The highest BCUT2D eigenvalue weighted by atomic mass is 32.1. The fraction of sp³-hybridized carbons (Fsp3) is 0.286. The number of aryl methyl sites for hydroxylation is 1. The van der Waals surface area contributed by atoms with Gasteiger partial charge in [0.15, 0.2) is 6.61 Å². The number of rotatable bonds is 3. The quantitative estimate of drug-likeness (QED) is 0.912. The molecule has 1 aromatic carbocycles. The van der Waals surface area contributed by atoms with Crippen LogP contribution in [-0.4, -0.2) is 17.5 Å². The van der Waals surface area contributed by atoms with Gasteiger partial charge < -0.3 is 15.4 Å². The molecule has 1 aliphatic heterocycles. The predicted molar refractivity (Wildman–Crippen MR) is 79.5 cm³/mol. The Morgan fingerprint density at radius 2 is 2.35 bits per heavy atom. The van der Waals surface area contributed by atoms with E-state index >= 15 is 0 Å². The van der Waals surface area contributed by atoms with Gasteiger partial charge in [-0.25, -0.2) is 4.98 Å². The normalized spacial score (nSPS) is 15.0. The second-order valence-corrected chi connectivity index (χ2v) is 5.60. The fourth-order valence-electron chi connectivity index (χ4n) is 2.21. The Labute approximate surface area is 121 Å². The third-order valence-corrected chi connectivity index (χ3v) is 4.29. The number of ether oxygens (including phenoxy) is 1. The Bertz CT molecular complexity index is 654. The van der Waals surface area contributed by atoms with Crippen molar-refractivity contribution in [2.75, 3.05) is 17.2 Å². The van der Waals surface area contributed by atoms with Crippen molar-refractivity contribution in [1.29, 1.82) is 0 Å². The number of hydrogen-bond acceptors (Lipinski definition) is 5. The molecule has 0 radical (unpaired) electrons. The summed E-state index contributed by atoms with van der Waals surface area (Å²) in [5, 5.41) is 6.22. The summed E-state index contributed by atoms with van der Waals surface area (Å²) in [5.41, 5.74) is 4.54. The van der Waals surface area contributed by atoms with E-state index in [1.165, 1.54) is 4.88 Å². The van der Waals surface area contributed by atoms with Crippen LogP contribution < -0.4 is 15.4 Å². The van der Waals surface area contributed by atoms with Crippen molar-refractivity contribution < 1.29 is 9.53 Å². The zero-order valence-electron chi connectivity index (χ0n) is 11.3. The minimum absolute atomic E-state index is 0.0796. The maximum absolute atomic E-state index is 11.3. The first-order chi connectivity index (χ1) is 9.63. The van der Waals surface area contributed by atoms with Crippen LogP contribution in [0.2, 0.25) is 0 Å². The minimum atomic E-state index is -0.124. The van der Waals surface area contributed by atoms with Gasteiger partial charge in [-0.3, -0.25) is 4.79 Å². The number of aromatic nitrogens is 1. The van der Waals surface area contributed by atoms with E-state index in [-0.39, 0.29) is 18.6 Å². The van der Waals surface area contributed by atoms with Gasteiger partial charge in [-0.05, 0) is 32.0 Å². The Kier molecular flexibility index (Phi) is 3.31. The lowest BCUT2D eigenvalue weighted by Gasteiger charge is -2.20. The molecule has 0 saturated carbocycles. The Balaban J connectivity index is 1.80. The third kappa shape index (κ3) is 2.46. The molecule has 2 N–H and O–H groups in total. The van der Waals surface area contributed by atoms with Crippen molar-refractivity contribution >= 4 is 28.6 Å². The molecule has 1 aliphatic rings. The van der Waals surface area contributed by atoms with Gasteiger partial charge in [0.2, 0.25) is 0 Å². The topological polar surface area (TPSA) is 63.2 Å². The summed E-state index contributed by atoms with van der Waals surface area (Å²) in [5.74, 6) is 0.581. The number of hydrogen-bond donors (Lipinski definition) is 2. The zero-order chi connectivity index (χ0) is 14.1. The molecule has 0 fully saturated rings. The van der Waals surface area contributed by atoms with Crippen molar-refractivity contribution in [3.63, 3.8) is 0 Å². The second kappa shape index (κ2) is 5.13. The van der Waals surface area contributed by atoms with Crippen molar-refractivity contribution in [3.8, 4) is 5.75 Å². The van der Waals surface area contributed by atoms with Crippen LogP contribution in [0.1, 0.15) is 23.5 Å². The van der Waals surface area contributed by atoms with Gasteiger partial charge in [-0.2, -0.15) is 0 Å². The summed E-state index contributed by atoms with van der Waals surface area (Å²) in [7, 11) is 0. The zero-order valence-corrected chi connectivity index (χ0v) is 12.1. The first-order valence-electron chi connectivity index (χ1n) is 6.36. The standard InChI is InChI=1S/C14H15N3O2S/c1-8-14(20-7-15-8)9(2)16-10-3-4-12-11(5-10)17-13(18)6-19-12/h3-5,7,9,16H,6H2,1-2H3,(H,17,18). The van der Waals surface area contributed by atoms with Crippen LogP contribution in [0, 0.1) is 6.92 Å². The molecule has 5 nitrogen and oxygen atoms in total. The number of fused-ring (bicyclic) bond motifs is 1. The van der Waals surface area contributed by atoms with Gasteiger partial charge in [0.25, 0.3) is 5.91 Å². The molecule has 1 aromatic heterocycles. The molecule has 0 aliphatic carbocycles. The second-order valence-electron chi connectivity index (χ2n) is 4.72. The molecule has 3 rings (SSSR count). The smallest absolute Gasteiger partial charge is 0.262 e. The molecule has 104 valence electrons. The fourth-order valence-corrected chi connectivity index (χ4v) is 3.03. The van der Waals surface area contributed by atoms with Crippen molar-refractivity contribution in [2.45, 2.75) is 19.9 Å². The number of carbonyl (C=O) groups is 1. The monoisotopic (exact) mass is 289 g/mol. The van der Waals surface area contributed by atoms with Crippen LogP contribution in [0.4, 0.5) is 11.4 Å².